The number of carbonyl (C=O) groups excluding carboxylic acids is 1. The van der Waals surface area contributed by atoms with E-state index in [1.54, 1.807) is 25.1 Å². The van der Waals surface area contributed by atoms with Crippen molar-refractivity contribution in [2.75, 3.05) is 11.1 Å². The fraction of sp³-hybridized carbons (Fsp3) is 0.263. The molecule has 8 heteroatoms. The normalized spacial score (nSPS) is 14.7. The summed E-state index contributed by atoms with van der Waals surface area (Å²) in [5.74, 6) is 1.85. The number of nitrogens with two attached hydrogens (primary N) is 2. The Morgan fingerprint density at radius 1 is 1.26 bits per heavy atom. The third kappa shape index (κ3) is 4.89. The summed E-state index contributed by atoms with van der Waals surface area (Å²) < 4.78 is 5.82. The Morgan fingerprint density at radius 3 is 2.63 bits per heavy atom. The first-order valence-electron chi connectivity index (χ1n) is 8.64. The molecule has 0 spiro atoms. The first-order chi connectivity index (χ1) is 12.9. The molecule has 0 bridgehead atoms. The van der Waals surface area contributed by atoms with Crippen molar-refractivity contribution in [1.82, 2.24) is 4.98 Å². The van der Waals surface area contributed by atoms with Crippen LogP contribution in [0.4, 0.5) is 23.0 Å². The van der Waals surface area contributed by atoms with Crippen molar-refractivity contribution in [3.05, 3.63) is 48.7 Å². The lowest BCUT2D eigenvalue weighted by atomic mass is 10.3. The van der Waals surface area contributed by atoms with Gasteiger partial charge in [-0.25, -0.2) is 4.98 Å². The summed E-state index contributed by atoms with van der Waals surface area (Å²) in [5.41, 5.74) is 12.4. The zero-order valence-corrected chi connectivity index (χ0v) is 15.1. The lowest BCUT2D eigenvalue weighted by Crippen LogP contribution is -2.32. The molecule has 0 unspecified atom stereocenters. The predicted octanol–water partition coefficient (Wildman–Crippen LogP) is 3.67. The van der Waals surface area contributed by atoms with Gasteiger partial charge in [-0.2, -0.15) is 0 Å². The lowest BCUT2D eigenvalue weighted by molar-refractivity contribution is -0.117. The molecule has 3 rings (SSSR count). The van der Waals surface area contributed by atoms with Crippen LogP contribution in [0.1, 0.15) is 19.8 Å². The van der Waals surface area contributed by atoms with Gasteiger partial charge in [-0.1, -0.05) is 18.7 Å². The van der Waals surface area contributed by atoms with E-state index in [0.29, 0.717) is 28.9 Å². The average molecular weight is 366 g/mol. The highest BCUT2D eigenvalue weighted by Gasteiger charge is 2.26. The summed E-state index contributed by atoms with van der Waals surface area (Å²) in [6, 6.07) is 9.87. The van der Waals surface area contributed by atoms with E-state index in [2.05, 4.69) is 27.1 Å². The minimum absolute atomic E-state index is 0.141. The van der Waals surface area contributed by atoms with Gasteiger partial charge in [-0.15, -0.1) is 10.2 Å². The number of amides is 1. The second-order valence-electron chi connectivity index (χ2n) is 6.39. The van der Waals surface area contributed by atoms with Gasteiger partial charge in [-0.05, 0) is 44.0 Å². The minimum atomic E-state index is -0.644. The number of aromatic nitrogens is 1. The number of rotatable bonds is 7. The number of ether oxygens (including phenoxy) is 1. The van der Waals surface area contributed by atoms with Crippen LogP contribution in [0.5, 0.6) is 5.75 Å². The van der Waals surface area contributed by atoms with E-state index in [0.717, 1.165) is 18.6 Å². The van der Waals surface area contributed by atoms with Gasteiger partial charge in [0, 0.05) is 5.92 Å². The fourth-order valence-electron chi connectivity index (χ4n) is 2.23. The van der Waals surface area contributed by atoms with Gasteiger partial charge in [-0.3, -0.25) is 4.79 Å². The standard InChI is InChI=1S/C19H22N6O2/c1-11(20)19(26)23-17-10-9-15(18(21)22-17)25-24-14-5-3-4-6-16(14)27-12(2)13-7-8-13/h3-6,9-11,13H,2,7-8,20H2,1H3,(H3,21,22,23,26)/b25-24+/t11-/m0/s1. The Kier molecular flexibility index (Phi) is 5.46. The highest BCUT2D eigenvalue weighted by Crippen LogP contribution is 2.39. The number of hydrogen-bond acceptors (Lipinski definition) is 7. The fourth-order valence-corrected chi connectivity index (χ4v) is 2.23. The van der Waals surface area contributed by atoms with Crippen LogP contribution in [-0.4, -0.2) is 16.9 Å². The average Bonchev–Trinajstić information content (AvgIpc) is 3.47. The third-order valence-corrected chi connectivity index (χ3v) is 3.97. The molecule has 0 saturated heterocycles. The maximum atomic E-state index is 11.6. The van der Waals surface area contributed by atoms with Gasteiger partial charge < -0.3 is 21.5 Å². The van der Waals surface area contributed by atoms with Crippen molar-refractivity contribution in [2.45, 2.75) is 25.8 Å². The SMILES string of the molecule is C=C(Oc1ccccc1/N=N/c1ccc(NC(=O)[C@H](C)N)nc1N)C1CC1. The number of para-hydroxylation sites is 1. The second kappa shape index (κ2) is 7.96. The molecule has 1 fully saturated rings. The maximum Gasteiger partial charge on any atom is 0.242 e. The number of pyridine rings is 1. The van der Waals surface area contributed by atoms with Gasteiger partial charge >= 0.3 is 0 Å². The van der Waals surface area contributed by atoms with E-state index in [-0.39, 0.29) is 11.7 Å². The molecule has 1 saturated carbocycles. The maximum absolute atomic E-state index is 11.6. The number of nitrogen functional groups attached to an aromatic ring is 1. The van der Waals surface area contributed by atoms with E-state index in [4.69, 9.17) is 16.2 Å². The Bertz CT molecular complexity index is 890. The number of allylic oxidation sites excluding steroid dienone is 1. The van der Waals surface area contributed by atoms with Gasteiger partial charge in [0.2, 0.25) is 5.91 Å². The molecule has 27 heavy (non-hydrogen) atoms. The number of azo groups is 1. The molecule has 1 aromatic carbocycles. The van der Waals surface area contributed by atoms with Crippen LogP contribution in [0.15, 0.2) is 59.0 Å². The summed E-state index contributed by atoms with van der Waals surface area (Å²) in [4.78, 5) is 15.7. The van der Waals surface area contributed by atoms with E-state index < -0.39 is 6.04 Å². The van der Waals surface area contributed by atoms with E-state index in [9.17, 15) is 4.79 Å². The molecule has 2 aromatic rings. The van der Waals surface area contributed by atoms with Crippen LogP contribution in [0.2, 0.25) is 0 Å². The molecule has 1 aliphatic rings. The summed E-state index contributed by atoms with van der Waals surface area (Å²) in [7, 11) is 0. The van der Waals surface area contributed by atoms with Crippen LogP contribution < -0.4 is 21.5 Å². The number of nitrogens with one attached hydrogen (secondary N) is 1. The molecule has 1 aromatic heterocycles. The number of nitrogens with zero attached hydrogens (tertiary/aromatic N) is 3. The molecule has 8 nitrogen and oxygen atoms in total. The Labute approximate surface area is 157 Å². The van der Waals surface area contributed by atoms with Crippen LogP contribution in [0, 0.1) is 5.92 Å². The topological polar surface area (TPSA) is 128 Å². The monoisotopic (exact) mass is 366 g/mol. The molecule has 0 radical (unpaired) electrons. The van der Waals surface area contributed by atoms with Gasteiger partial charge in [0.1, 0.15) is 23.0 Å². The molecule has 0 aliphatic heterocycles. The molecular formula is C19H22N6O2. The Morgan fingerprint density at radius 2 is 1.96 bits per heavy atom. The van der Waals surface area contributed by atoms with Crippen molar-refractivity contribution < 1.29 is 9.53 Å². The summed E-state index contributed by atoms with van der Waals surface area (Å²) in [6.07, 6.45) is 2.22. The summed E-state index contributed by atoms with van der Waals surface area (Å²) in [6.45, 7) is 5.55. The van der Waals surface area contributed by atoms with Gasteiger partial charge in [0.25, 0.3) is 0 Å². The summed E-state index contributed by atoms with van der Waals surface area (Å²) >= 11 is 0. The van der Waals surface area contributed by atoms with Crippen LogP contribution in [0.25, 0.3) is 0 Å². The number of carbonyl (C=O) groups is 1. The Balaban J connectivity index is 1.74. The quantitative estimate of drug-likeness (QED) is 0.509. The number of hydrogen-bond donors (Lipinski definition) is 3. The molecule has 1 amide bonds. The highest BCUT2D eigenvalue weighted by molar-refractivity contribution is 5.93. The van der Waals surface area contributed by atoms with Crippen LogP contribution in [-0.2, 0) is 4.79 Å². The minimum Gasteiger partial charge on any atom is -0.460 e. The molecule has 140 valence electrons. The third-order valence-electron chi connectivity index (χ3n) is 3.97. The lowest BCUT2D eigenvalue weighted by Gasteiger charge is -2.09. The van der Waals surface area contributed by atoms with E-state index in [1.165, 1.54) is 0 Å². The molecule has 5 N–H and O–H groups in total. The van der Waals surface area contributed by atoms with Crippen molar-refractivity contribution in [2.24, 2.45) is 21.9 Å². The molecule has 1 aliphatic carbocycles. The smallest absolute Gasteiger partial charge is 0.242 e. The first kappa shape index (κ1) is 18.5. The molecule has 1 heterocycles. The highest BCUT2D eigenvalue weighted by atomic mass is 16.5. The largest absolute Gasteiger partial charge is 0.460 e. The van der Waals surface area contributed by atoms with E-state index in [1.807, 2.05) is 18.2 Å². The summed E-state index contributed by atoms with van der Waals surface area (Å²) in [5, 5.41) is 10.9. The van der Waals surface area contributed by atoms with Crippen molar-refractivity contribution in [1.29, 1.82) is 0 Å². The van der Waals surface area contributed by atoms with Crippen molar-refractivity contribution >= 4 is 28.9 Å². The first-order valence-corrected chi connectivity index (χ1v) is 8.64. The van der Waals surface area contributed by atoms with Crippen molar-refractivity contribution in [3.8, 4) is 5.75 Å². The zero-order chi connectivity index (χ0) is 19.4. The number of anilines is 2. The second-order valence-corrected chi connectivity index (χ2v) is 6.39. The number of benzene rings is 1. The zero-order valence-electron chi connectivity index (χ0n) is 15.1. The molecule has 1 atom stereocenters. The van der Waals surface area contributed by atoms with E-state index >= 15 is 0 Å². The van der Waals surface area contributed by atoms with Crippen LogP contribution >= 0.6 is 0 Å². The van der Waals surface area contributed by atoms with Gasteiger partial charge in [0.05, 0.1) is 6.04 Å². The van der Waals surface area contributed by atoms with Crippen molar-refractivity contribution in [3.63, 3.8) is 0 Å². The molecular weight excluding hydrogens is 344 g/mol. The predicted molar refractivity (Wildman–Crippen MR) is 104 cm³/mol. The Hall–Kier alpha value is -3.26. The van der Waals surface area contributed by atoms with Crippen LogP contribution in [0.3, 0.4) is 0 Å². The van der Waals surface area contributed by atoms with Gasteiger partial charge in [0.15, 0.2) is 11.6 Å².